The van der Waals surface area contributed by atoms with Gasteiger partial charge in [0.2, 0.25) is 0 Å². The second-order valence-corrected chi connectivity index (χ2v) is 1.95. The Balaban J connectivity index is 3.48. The maximum absolute atomic E-state index is 10.5. The molecule has 0 aliphatic rings. The molecule has 0 heterocycles. The van der Waals surface area contributed by atoms with Crippen molar-refractivity contribution in [2.45, 2.75) is 12.8 Å². The van der Waals surface area contributed by atoms with Crippen LogP contribution >= 0.6 is 0 Å². The summed E-state index contributed by atoms with van der Waals surface area (Å²) in [6.45, 7) is 0. The molecule has 0 spiro atoms. The van der Waals surface area contributed by atoms with Crippen molar-refractivity contribution in [2.75, 3.05) is 7.11 Å². The summed E-state index contributed by atoms with van der Waals surface area (Å²) in [5.74, 6) is 3.62. The van der Waals surface area contributed by atoms with Crippen LogP contribution in [0.1, 0.15) is 12.8 Å². The van der Waals surface area contributed by atoms with Crippen molar-refractivity contribution >= 4 is 11.9 Å². The van der Waals surface area contributed by atoms with Crippen molar-refractivity contribution in [1.82, 2.24) is 0 Å². The number of hydrogen-bond acceptors (Lipinski definition) is 5. The van der Waals surface area contributed by atoms with E-state index in [2.05, 4.69) is 15.5 Å². The minimum Gasteiger partial charge on any atom is -0.466 e. The van der Waals surface area contributed by atoms with E-state index in [-0.39, 0.29) is 6.42 Å². The number of carbonyl (C=O) groups is 2. The molecule has 0 rings (SSSR count). The SMILES string of the molecule is COC(=O)/C=C/CCC(=O)ON. The van der Waals surface area contributed by atoms with Crippen LogP contribution in [0.3, 0.4) is 0 Å². The summed E-state index contributed by atoms with van der Waals surface area (Å²) in [4.78, 5) is 24.8. The molecular weight excluding hydrogens is 162 g/mol. The molecule has 0 radical (unpaired) electrons. The minimum absolute atomic E-state index is 0.157. The number of carbonyl (C=O) groups excluding carboxylic acids is 2. The lowest BCUT2D eigenvalue weighted by Crippen LogP contribution is -2.08. The van der Waals surface area contributed by atoms with Gasteiger partial charge in [-0.1, -0.05) is 6.08 Å². The Kier molecular flexibility index (Phi) is 5.64. The van der Waals surface area contributed by atoms with Crippen LogP contribution in [-0.2, 0) is 19.2 Å². The Bertz CT molecular complexity index is 188. The summed E-state index contributed by atoms with van der Waals surface area (Å²) in [5.41, 5.74) is 0. The molecule has 0 bridgehead atoms. The lowest BCUT2D eigenvalue weighted by molar-refractivity contribution is -0.144. The Morgan fingerprint density at radius 3 is 2.67 bits per heavy atom. The standard InChI is InChI=1S/C7H11NO4/c1-11-6(9)4-2-3-5-7(10)12-8/h2,4H,3,5,8H2,1H3/b4-2+. The van der Waals surface area contributed by atoms with Gasteiger partial charge in [0.15, 0.2) is 0 Å². The number of nitrogens with two attached hydrogens (primary N) is 1. The first-order chi connectivity index (χ1) is 5.70. The van der Waals surface area contributed by atoms with Crippen LogP contribution in [0.2, 0.25) is 0 Å². The third-order valence-electron chi connectivity index (χ3n) is 1.10. The molecule has 0 aliphatic carbocycles. The molecule has 12 heavy (non-hydrogen) atoms. The Hall–Kier alpha value is -1.36. The Morgan fingerprint density at radius 2 is 2.17 bits per heavy atom. The smallest absolute Gasteiger partial charge is 0.330 e. The molecule has 0 unspecified atom stereocenters. The summed E-state index contributed by atoms with van der Waals surface area (Å²) in [6.07, 6.45) is 3.32. The van der Waals surface area contributed by atoms with Gasteiger partial charge in [0, 0.05) is 6.08 Å². The monoisotopic (exact) mass is 173 g/mol. The van der Waals surface area contributed by atoms with Gasteiger partial charge in [-0.2, -0.15) is 5.90 Å². The van der Waals surface area contributed by atoms with Crippen molar-refractivity contribution in [3.8, 4) is 0 Å². The van der Waals surface area contributed by atoms with Gasteiger partial charge in [-0.15, -0.1) is 0 Å². The second-order valence-electron chi connectivity index (χ2n) is 1.95. The predicted octanol–water partition coefficient (Wildman–Crippen LogP) is -0.0873. The van der Waals surface area contributed by atoms with Gasteiger partial charge in [0.05, 0.1) is 13.5 Å². The van der Waals surface area contributed by atoms with Crippen molar-refractivity contribution < 1.29 is 19.2 Å². The quantitative estimate of drug-likeness (QED) is 0.365. The zero-order chi connectivity index (χ0) is 9.40. The maximum atomic E-state index is 10.5. The van der Waals surface area contributed by atoms with Crippen molar-refractivity contribution in [1.29, 1.82) is 0 Å². The van der Waals surface area contributed by atoms with E-state index in [0.717, 1.165) is 0 Å². The molecule has 0 aromatic carbocycles. The van der Waals surface area contributed by atoms with Crippen LogP contribution in [0.15, 0.2) is 12.2 Å². The van der Waals surface area contributed by atoms with Crippen LogP contribution in [0, 0.1) is 0 Å². The topological polar surface area (TPSA) is 78.6 Å². The molecule has 0 aromatic rings. The molecule has 0 aliphatic heterocycles. The van der Waals surface area contributed by atoms with Gasteiger partial charge in [-0.3, -0.25) is 4.79 Å². The van der Waals surface area contributed by atoms with Gasteiger partial charge in [-0.05, 0) is 6.42 Å². The van der Waals surface area contributed by atoms with Crippen LogP contribution in [0.4, 0.5) is 0 Å². The summed E-state index contributed by atoms with van der Waals surface area (Å²) in [5, 5.41) is 0. The highest BCUT2D eigenvalue weighted by Crippen LogP contribution is 1.92. The predicted molar refractivity (Wildman–Crippen MR) is 40.7 cm³/mol. The van der Waals surface area contributed by atoms with Gasteiger partial charge >= 0.3 is 11.9 Å². The number of esters is 1. The molecular formula is C7H11NO4. The third-order valence-corrected chi connectivity index (χ3v) is 1.10. The van der Waals surface area contributed by atoms with Gasteiger partial charge in [0.25, 0.3) is 0 Å². The van der Waals surface area contributed by atoms with Gasteiger partial charge in [0.1, 0.15) is 0 Å². The van der Waals surface area contributed by atoms with E-state index in [1.54, 1.807) is 0 Å². The number of hydrogen-bond donors (Lipinski definition) is 1. The van der Waals surface area contributed by atoms with Crippen molar-refractivity contribution in [3.63, 3.8) is 0 Å². The van der Waals surface area contributed by atoms with Crippen LogP contribution in [-0.4, -0.2) is 19.0 Å². The van der Waals surface area contributed by atoms with Crippen LogP contribution < -0.4 is 5.90 Å². The molecule has 0 fully saturated rings. The van der Waals surface area contributed by atoms with E-state index in [9.17, 15) is 9.59 Å². The van der Waals surface area contributed by atoms with E-state index in [1.165, 1.54) is 19.3 Å². The molecule has 0 saturated heterocycles. The van der Waals surface area contributed by atoms with Crippen LogP contribution in [0.5, 0.6) is 0 Å². The molecule has 0 atom stereocenters. The minimum atomic E-state index is -0.510. The zero-order valence-corrected chi connectivity index (χ0v) is 6.78. The highest BCUT2D eigenvalue weighted by atomic mass is 16.7. The first-order valence-corrected chi connectivity index (χ1v) is 3.34. The highest BCUT2D eigenvalue weighted by molar-refractivity contribution is 5.81. The first-order valence-electron chi connectivity index (χ1n) is 3.34. The zero-order valence-electron chi connectivity index (χ0n) is 6.78. The average molecular weight is 173 g/mol. The van der Waals surface area contributed by atoms with E-state index in [4.69, 9.17) is 0 Å². The Morgan fingerprint density at radius 1 is 1.50 bits per heavy atom. The van der Waals surface area contributed by atoms with E-state index >= 15 is 0 Å². The van der Waals surface area contributed by atoms with Crippen molar-refractivity contribution in [3.05, 3.63) is 12.2 Å². The van der Waals surface area contributed by atoms with E-state index < -0.39 is 11.9 Å². The fraction of sp³-hybridized carbons (Fsp3) is 0.429. The summed E-state index contributed by atoms with van der Waals surface area (Å²) in [6, 6.07) is 0. The molecule has 2 N–H and O–H groups in total. The molecule has 5 nitrogen and oxygen atoms in total. The maximum Gasteiger partial charge on any atom is 0.330 e. The van der Waals surface area contributed by atoms with Crippen molar-refractivity contribution in [2.24, 2.45) is 5.90 Å². The number of allylic oxidation sites excluding steroid dienone is 1. The summed E-state index contributed by atoms with van der Waals surface area (Å²) >= 11 is 0. The summed E-state index contributed by atoms with van der Waals surface area (Å²) in [7, 11) is 1.28. The first kappa shape index (κ1) is 10.6. The highest BCUT2D eigenvalue weighted by Gasteiger charge is 1.97. The second kappa shape index (κ2) is 6.36. The van der Waals surface area contributed by atoms with E-state index in [1.807, 2.05) is 0 Å². The largest absolute Gasteiger partial charge is 0.466 e. The summed E-state index contributed by atoms with van der Waals surface area (Å²) < 4.78 is 4.32. The van der Waals surface area contributed by atoms with Gasteiger partial charge < -0.3 is 9.57 Å². The fourth-order valence-electron chi connectivity index (χ4n) is 0.508. The fourth-order valence-corrected chi connectivity index (χ4v) is 0.508. The molecule has 0 amide bonds. The van der Waals surface area contributed by atoms with Gasteiger partial charge in [-0.25, -0.2) is 4.79 Å². The number of ether oxygens (including phenoxy) is 1. The van der Waals surface area contributed by atoms with Crippen LogP contribution in [0.25, 0.3) is 0 Å². The normalized spacial score (nSPS) is 9.83. The molecule has 0 saturated carbocycles. The molecule has 0 aromatic heterocycles. The average Bonchev–Trinajstić information content (AvgIpc) is 2.11. The van der Waals surface area contributed by atoms with E-state index in [0.29, 0.717) is 6.42 Å². The lowest BCUT2D eigenvalue weighted by atomic mass is 10.3. The molecule has 68 valence electrons. The number of rotatable bonds is 4. The lowest BCUT2D eigenvalue weighted by Gasteiger charge is -1.92. The third kappa shape index (κ3) is 5.43. The number of methoxy groups -OCH3 is 1. The Labute approximate surface area is 70.1 Å². The molecule has 5 heteroatoms.